The van der Waals surface area contributed by atoms with Crippen LogP contribution in [0.3, 0.4) is 0 Å². The molecule has 4 N–H and O–H groups in total. The number of rotatable bonds is 54. The van der Waals surface area contributed by atoms with Gasteiger partial charge in [-0.2, -0.15) is 9.97 Å². The van der Waals surface area contributed by atoms with Gasteiger partial charge in [0, 0.05) is 25.9 Å². The first-order valence-corrected chi connectivity index (χ1v) is 29.5. The lowest BCUT2D eigenvalue weighted by Crippen LogP contribution is -2.37. The monoisotopic (exact) mass is 1170 g/mol. The van der Waals surface area contributed by atoms with Gasteiger partial charge >= 0.3 is 31.5 Å². The Bertz CT molecular complexity index is 1980. The number of aromatic nitrogens is 4. The quantitative estimate of drug-likeness (QED) is 0.0487. The molecule has 1 saturated heterocycles. The summed E-state index contributed by atoms with van der Waals surface area (Å²) in [5.74, 6) is -0.371. The van der Waals surface area contributed by atoms with Crippen LogP contribution < -0.4 is 16.2 Å². The maximum absolute atomic E-state index is 12.8. The molecular formula is C51H93N6O22P. The van der Waals surface area contributed by atoms with Gasteiger partial charge in [0.15, 0.2) is 17.6 Å². The molecule has 3 rings (SSSR count). The zero-order valence-electron chi connectivity index (χ0n) is 47.7. The average molecular weight is 1170 g/mol. The number of likely N-dealkylation sites (tertiary alicyclic amines) is 1. The van der Waals surface area contributed by atoms with Gasteiger partial charge in [-0.25, -0.2) is 9.36 Å². The summed E-state index contributed by atoms with van der Waals surface area (Å²) in [6.07, 6.45) is 3.14. The number of phosphoric ester groups is 1. The number of carbonyl (C=O) groups excluding carboxylic acids is 2. The molecule has 29 heteroatoms. The van der Waals surface area contributed by atoms with Crippen molar-refractivity contribution in [1.29, 1.82) is 0 Å². The highest BCUT2D eigenvalue weighted by Gasteiger charge is 2.25. The van der Waals surface area contributed by atoms with Crippen molar-refractivity contribution in [3.63, 3.8) is 0 Å². The lowest BCUT2D eigenvalue weighted by Gasteiger charge is -2.31. The number of anilines is 1. The van der Waals surface area contributed by atoms with Crippen molar-refractivity contribution in [3.8, 4) is 6.01 Å². The number of nitrogens with one attached hydrogen (secondary N) is 1. The molecule has 0 radical (unpaired) electrons. The second kappa shape index (κ2) is 45.9. The van der Waals surface area contributed by atoms with E-state index in [1.54, 1.807) is 18.4 Å². The molecule has 2 aromatic rings. The highest BCUT2D eigenvalue weighted by molar-refractivity contribution is 7.47. The minimum Gasteiger partial charge on any atom is -0.462 e. The van der Waals surface area contributed by atoms with Crippen LogP contribution in [0.5, 0.6) is 6.01 Å². The topological polar surface area (TPSA) is 321 Å². The van der Waals surface area contributed by atoms with Gasteiger partial charge in [-0.3, -0.25) is 23.2 Å². The number of hydrogen-bond acceptors (Lipinski definition) is 25. The molecule has 0 aromatic carbocycles. The number of nitrogens with zero attached hydrogens (tertiary/aromatic N) is 4. The number of nitrogen functional groups attached to an aromatic ring is 1. The van der Waals surface area contributed by atoms with Crippen LogP contribution >= 0.6 is 7.82 Å². The first kappa shape index (κ1) is 70.7. The normalized spacial score (nSPS) is 14.9. The third kappa shape index (κ3) is 34.8. The molecule has 0 bridgehead atoms. The van der Waals surface area contributed by atoms with Crippen LogP contribution in [-0.4, -0.2) is 251 Å². The summed E-state index contributed by atoms with van der Waals surface area (Å²) in [4.78, 5) is 59.6. The van der Waals surface area contributed by atoms with Gasteiger partial charge in [-0.15, -0.1) is 0 Å². The van der Waals surface area contributed by atoms with E-state index in [0.717, 1.165) is 38.8 Å². The van der Waals surface area contributed by atoms with Crippen LogP contribution in [0.25, 0.3) is 11.2 Å². The van der Waals surface area contributed by atoms with E-state index in [0.29, 0.717) is 163 Å². The average Bonchev–Trinajstić information content (AvgIpc) is 3.90. The van der Waals surface area contributed by atoms with E-state index in [1.807, 2.05) is 6.92 Å². The minimum absolute atomic E-state index is 0.0243. The Morgan fingerprint density at radius 2 is 1.05 bits per heavy atom. The molecule has 1 fully saturated rings. The van der Waals surface area contributed by atoms with Gasteiger partial charge in [-0.05, 0) is 45.2 Å². The molecule has 1 unspecified atom stereocenters. The summed E-state index contributed by atoms with van der Waals surface area (Å²) < 4.78 is 106. The van der Waals surface area contributed by atoms with E-state index in [1.165, 1.54) is 0 Å². The van der Waals surface area contributed by atoms with Crippen molar-refractivity contribution < 1.29 is 99.1 Å². The zero-order valence-corrected chi connectivity index (χ0v) is 48.6. The van der Waals surface area contributed by atoms with Crippen LogP contribution in [0.1, 0.15) is 66.2 Å². The fourth-order valence-corrected chi connectivity index (χ4v) is 8.08. The van der Waals surface area contributed by atoms with Crippen molar-refractivity contribution >= 4 is 36.7 Å². The van der Waals surface area contributed by atoms with Gasteiger partial charge < -0.3 is 91.6 Å². The molecule has 1 aliphatic heterocycles. The second-order valence-electron chi connectivity index (χ2n) is 18.1. The molecule has 1 aliphatic rings. The number of esters is 2. The van der Waals surface area contributed by atoms with Crippen LogP contribution in [-0.2, 0) is 96.1 Å². The van der Waals surface area contributed by atoms with E-state index >= 15 is 0 Å². The summed E-state index contributed by atoms with van der Waals surface area (Å²) >= 11 is 0. The van der Waals surface area contributed by atoms with Crippen molar-refractivity contribution in [2.75, 3.05) is 204 Å². The van der Waals surface area contributed by atoms with Crippen molar-refractivity contribution in [2.24, 2.45) is 5.92 Å². The number of phosphoric acid groups is 1. The molecule has 2 aromatic heterocycles. The highest BCUT2D eigenvalue weighted by atomic mass is 31.2. The Morgan fingerprint density at radius 3 is 1.49 bits per heavy atom. The molecule has 3 atom stereocenters. The SMILES string of the molecule is CCC[C@H](C)Oc1nc(N)c2[nH]c(=O)n(CC3CCN(CCOP(=O)(O)OCCOCCOCCOCCOCCOCCOCCOCCOCCOCCOCCOCCOC[C@@H](COC(=O)CC)OC(=O)CC)CC3)c2n1. The number of hydrogen-bond donors (Lipinski definition) is 3. The molecule has 0 spiro atoms. The lowest BCUT2D eigenvalue weighted by molar-refractivity contribution is -0.162. The van der Waals surface area contributed by atoms with Gasteiger partial charge in [0.25, 0.3) is 0 Å². The number of fused-ring (bicyclic) bond motifs is 1. The largest absolute Gasteiger partial charge is 0.472 e. The number of H-pyrrole nitrogens is 1. The van der Waals surface area contributed by atoms with Gasteiger partial charge in [-0.1, -0.05) is 27.2 Å². The van der Waals surface area contributed by atoms with Crippen LogP contribution in [0.4, 0.5) is 5.82 Å². The standard InChI is InChI=1S/C51H93N6O22P/c1-5-8-42(4)78-50-54-48(52)47-49(55-50)57(51(60)53-47)39-43-9-11-56(12-10-43)13-14-76-80(61,62)77-38-37-73-34-33-71-30-29-69-26-25-67-22-21-65-18-17-63-15-16-64-19-20-66-23-24-68-27-28-70-31-32-72-35-36-74-40-44(79-46(59)7-3)41-75-45(58)6-2/h42-44H,5-41H2,1-4H3,(H,53,60)(H,61,62)(H2,52,54,55)/t42-,44-/m0/s1. The van der Waals surface area contributed by atoms with E-state index in [4.69, 9.17) is 85.8 Å². The molecule has 80 heavy (non-hydrogen) atoms. The Hall–Kier alpha value is -3.52. The predicted octanol–water partition coefficient (Wildman–Crippen LogP) is 2.59. The van der Waals surface area contributed by atoms with Gasteiger partial charge in [0.2, 0.25) is 0 Å². The number of aromatic amines is 1. The molecule has 0 amide bonds. The zero-order chi connectivity index (χ0) is 57.7. The van der Waals surface area contributed by atoms with Gasteiger partial charge in [0.05, 0.1) is 178 Å². The maximum Gasteiger partial charge on any atom is 0.472 e. The summed E-state index contributed by atoms with van der Waals surface area (Å²) in [6, 6.07) is 0.152. The molecule has 0 saturated carbocycles. The van der Waals surface area contributed by atoms with Crippen molar-refractivity contribution in [1.82, 2.24) is 24.4 Å². The van der Waals surface area contributed by atoms with Gasteiger partial charge in [0.1, 0.15) is 12.1 Å². The summed E-state index contributed by atoms with van der Waals surface area (Å²) in [6.45, 7) is 18.8. The number of ether oxygens (including phenoxy) is 15. The van der Waals surface area contributed by atoms with Crippen LogP contribution in [0.15, 0.2) is 4.79 Å². The Kier molecular flexibility index (Phi) is 40.6. The first-order chi connectivity index (χ1) is 38.9. The molecular weight excluding hydrogens is 1080 g/mol. The number of nitrogens with two attached hydrogens (primary N) is 1. The van der Waals surface area contributed by atoms with Crippen LogP contribution in [0.2, 0.25) is 0 Å². The molecule has 0 aliphatic carbocycles. The van der Waals surface area contributed by atoms with E-state index in [2.05, 4.69) is 26.8 Å². The maximum atomic E-state index is 12.8. The number of carbonyl (C=O) groups is 2. The lowest BCUT2D eigenvalue weighted by atomic mass is 9.97. The Labute approximate surface area is 470 Å². The third-order valence-corrected chi connectivity index (χ3v) is 12.6. The van der Waals surface area contributed by atoms with Crippen LogP contribution in [0, 0.1) is 5.92 Å². The van der Waals surface area contributed by atoms with E-state index in [-0.39, 0.29) is 94.0 Å². The minimum atomic E-state index is -4.24. The third-order valence-electron chi connectivity index (χ3n) is 11.6. The van der Waals surface area contributed by atoms with Crippen molar-refractivity contribution in [2.45, 2.75) is 85.0 Å². The first-order valence-electron chi connectivity index (χ1n) is 28.0. The fraction of sp³-hybridized carbons (Fsp3) is 0.863. The molecule has 464 valence electrons. The fourth-order valence-electron chi connectivity index (χ4n) is 7.39. The highest BCUT2D eigenvalue weighted by Crippen LogP contribution is 2.42. The number of piperidine rings is 1. The Morgan fingerprint density at radius 1 is 0.625 bits per heavy atom. The smallest absolute Gasteiger partial charge is 0.462 e. The van der Waals surface area contributed by atoms with Crippen molar-refractivity contribution in [3.05, 3.63) is 10.5 Å². The van der Waals surface area contributed by atoms with E-state index in [9.17, 15) is 23.8 Å². The van der Waals surface area contributed by atoms with E-state index < -0.39 is 13.9 Å². The molecule has 3 heterocycles. The second-order valence-corrected chi connectivity index (χ2v) is 19.5. The summed E-state index contributed by atoms with van der Waals surface area (Å²) in [5.41, 5.74) is 6.65. The summed E-state index contributed by atoms with van der Waals surface area (Å²) in [5, 5.41) is 0. The molecule has 28 nitrogen and oxygen atoms in total. The summed E-state index contributed by atoms with van der Waals surface area (Å²) in [7, 11) is -4.24. The predicted molar refractivity (Wildman–Crippen MR) is 290 cm³/mol. The Balaban J connectivity index is 0.976. The number of imidazole rings is 1.